The van der Waals surface area contributed by atoms with Crippen LogP contribution in [0.5, 0.6) is 0 Å². The molecule has 0 spiro atoms. The molecule has 1 N–H and O–H groups in total. The van der Waals surface area contributed by atoms with Gasteiger partial charge < -0.3 is 19.3 Å². The fraction of sp³-hybridized carbons (Fsp3) is 0.400. The van der Waals surface area contributed by atoms with Crippen molar-refractivity contribution in [3.63, 3.8) is 0 Å². The Balaban J connectivity index is 1.96. The zero-order valence-electron chi connectivity index (χ0n) is 12.6. The van der Waals surface area contributed by atoms with Crippen LogP contribution in [-0.4, -0.2) is 46.4 Å². The van der Waals surface area contributed by atoms with Crippen molar-refractivity contribution in [3.05, 3.63) is 47.6 Å². The zero-order valence-corrected chi connectivity index (χ0v) is 12.6. The number of benzene rings is 1. The minimum atomic E-state index is -0.964. The molecule has 1 aromatic carbocycles. The lowest BCUT2D eigenvalue weighted by molar-refractivity contribution is 0.0773. The molecule has 1 atom stereocenters. The molecule has 0 bridgehead atoms. The molecular formula is C15H19N3O4. The molecule has 0 aliphatic heterocycles. The molecule has 2 aromatic rings. The van der Waals surface area contributed by atoms with Crippen LogP contribution in [-0.2, 0) is 11.3 Å². The second-order valence-corrected chi connectivity index (χ2v) is 5.02. The first kappa shape index (κ1) is 16.0. The standard InChI is InChI=1S/C15H19N3O4/c1-11-16-14(22-17-11)10-21-9-13(8-18(2)15(19)20)12-6-4-3-5-7-12/h3-7,13H,8-10H2,1-2H3,(H,19,20). The summed E-state index contributed by atoms with van der Waals surface area (Å²) in [6.45, 7) is 2.66. The van der Waals surface area contributed by atoms with E-state index in [0.29, 0.717) is 24.9 Å². The molecule has 1 unspecified atom stereocenters. The third kappa shape index (κ3) is 4.56. The highest BCUT2D eigenvalue weighted by Crippen LogP contribution is 2.18. The summed E-state index contributed by atoms with van der Waals surface area (Å²) in [4.78, 5) is 16.3. The number of carbonyl (C=O) groups is 1. The van der Waals surface area contributed by atoms with Crippen molar-refractivity contribution in [2.45, 2.75) is 19.4 Å². The maximum Gasteiger partial charge on any atom is 0.407 e. The smallest absolute Gasteiger partial charge is 0.407 e. The summed E-state index contributed by atoms with van der Waals surface area (Å²) >= 11 is 0. The van der Waals surface area contributed by atoms with Crippen molar-refractivity contribution in [3.8, 4) is 0 Å². The number of likely N-dealkylation sites (N-methyl/N-ethyl adjacent to an activating group) is 1. The Hall–Kier alpha value is -2.41. The maximum absolute atomic E-state index is 11.0. The predicted molar refractivity (Wildman–Crippen MR) is 78.5 cm³/mol. The lowest BCUT2D eigenvalue weighted by Crippen LogP contribution is -2.31. The SMILES string of the molecule is Cc1noc(COCC(CN(C)C(=O)O)c2ccccc2)n1. The summed E-state index contributed by atoms with van der Waals surface area (Å²) in [6.07, 6.45) is -0.964. The molecule has 1 heterocycles. The molecule has 7 nitrogen and oxygen atoms in total. The minimum Gasteiger partial charge on any atom is -0.465 e. The summed E-state index contributed by atoms with van der Waals surface area (Å²) in [5.74, 6) is 0.908. The van der Waals surface area contributed by atoms with Gasteiger partial charge in [0, 0.05) is 19.5 Å². The largest absolute Gasteiger partial charge is 0.465 e. The Bertz CT molecular complexity index is 600. The maximum atomic E-state index is 11.0. The van der Waals surface area contributed by atoms with Crippen LogP contribution >= 0.6 is 0 Å². The van der Waals surface area contributed by atoms with Gasteiger partial charge in [-0.15, -0.1) is 0 Å². The van der Waals surface area contributed by atoms with E-state index in [-0.39, 0.29) is 12.5 Å². The van der Waals surface area contributed by atoms with Crippen LogP contribution in [0.3, 0.4) is 0 Å². The Labute approximate surface area is 128 Å². The Morgan fingerprint density at radius 1 is 1.41 bits per heavy atom. The first-order valence-corrected chi connectivity index (χ1v) is 6.92. The van der Waals surface area contributed by atoms with Gasteiger partial charge >= 0.3 is 6.09 Å². The average molecular weight is 305 g/mol. The third-order valence-electron chi connectivity index (χ3n) is 3.21. The molecule has 0 aliphatic rings. The van der Waals surface area contributed by atoms with Crippen LogP contribution in [0.2, 0.25) is 0 Å². The fourth-order valence-electron chi connectivity index (χ4n) is 2.08. The number of ether oxygens (including phenoxy) is 1. The number of aromatic nitrogens is 2. The second-order valence-electron chi connectivity index (χ2n) is 5.02. The predicted octanol–water partition coefficient (Wildman–Crippen LogP) is 2.29. The van der Waals surface area contributed by atoms with Crippen molar-refractivity contribution in [2.75, 3.05) is 20.2 Å². The summed E-state index contributed by atoms with van der Waals surface area (Å²) in [6, 6.07) is 9.68. The Morgan fingerprint density at radius 2 is 2.14 bits per heavy atom. The van der Waals surface area contributed by atoms with Gasteiger partial charge in [0.2, 0.25) is 0 Å². The molecule has 22 heavy (non-hydrogen) atoms. The number of carboxylic acid groups (broad SMARTS) is 1. The van der Waals surface area contributed by atoms with Gasteiger partial charge in [0.15, 0.2) is 5.82 Å². The number of hydrogen-bond donors (Lipinski definition) is 1. The van der Waals surface area contributed by atoms with Crippen molar-refractivity contribution in [2.24, 2.45) is 0 Å². The summed E-state index contributed by atoms with van der Waals surface area (Å²) in [5, 5.41) is 12.7. The summed E-state index contributed by atoms with van der Waals surface area (Å²) in [5.41, 5.74) is 1.03. The van der Waals surface area contributed by atoms with E-state index in [1.807, 2.05) is 30.3 Å². The molecule has 0 saturated carbocycles. The van der Waals surface area contributed by atoms with Gasteiger partial charge in [-0.25, -0.2) is 4.79 Å². The van der Waals surface area contributed by atoms with Crippen LogP contribution in [0.25, 0.3) is 0 Å². The van der Waals surface area contributed by atoms with Crippen molar-refractivity contribution in [1.29, 1.82) is 0 Å². The molecular weight excluding hydrogens is 286 g/mol. The second kappa shape index (κ2) is 7.56. The first-order valence-electron chi connectivity index (χ1n) is 6.92. The highest BCUT2D eigenvalue weighted by atomic mass is 16.5. The van der Waals surface area contributed by atoms with E-state index >= 15 is 0 Å². The van der Waals surface area contributed by atoms with Crippen LogP contribution in [0.1, 0.15) is 23.2 Å². The van der Waals surface area contributed by atoms with Crippen LogP contribution < -0.4 is 0 Å². The van der Waals surface area contributed by atoms with E-state index in [1.165, 1.54) is 4.90 Å². The molecule has 118 valence electrons. The van der Waals surface area contributed by atoms with E-state index in [0.717, 1.165) is 5.56 Å². The third-order valence-corrected chi connectivity index (χ3v) is 3.21. The van der Waals surface area contributed by atoms with Crippen molar-refractivity contribution < 1.29 is 19.2 Å². The Kier molecular flexibility index (Phi) is 5.48. The zero-order chi connectivity index (χ0) is 15.9. The highest BCUT2D eigenvalue weighted by Gasteiger charge is 2.17. The lowest BCUT2D eigenvalue weighted by atomic mass is 10.00. The first-order chi connectivity index (χ1) is 10.6. The normalized spacial score (nSPS) is 12.1. The van der Waals surface area contributed by atoms with Gasteiger partial charge in [-0.05, 0) is 12.5 Å². The van der Waals surface area contributed by atoms with E-state index in [2.05, 4.69) is 10.1 Å². The van der Waals surface area contributed by atoms with Crippen LogP contribution in [0, 0.1) is 6.92 Å². The van der Waals surface area contributed by atoms with Crippen LogP contribution in [0.4, 0.5) is 4.79 Å². The van der Waals surface area contributed by atoms with Gasteiger partial charge in [-0.1, -0.05) is 35.5 Å². The van der Waals surface area contributed by atoms with Crippen molar-refractivity contribution in [1.82, 2.24) is 15.0 Å². The Morgan fingerprint density at radius 3 is 2.73 bits per heavy atom. The molecule has 0 aliphatic carbocycles. The van der Waals surface area contributed by atoms with Crippen LogP contribution in [0.15, 0.2) is 34.9 Å². The van der Waals surface area contributed by atoms with Gasteiger partial charge in [-0.3, -0.25) is 0 Å². The highest BCUT2D eigenvalue weighted by molar-refractivity contribution is 5.64. The quantitative estimate of drug-likeness (QED) is 0.844. The number of aryl methyl sites for hydroxylation is 1. The molecule has 7 heteroatoms. The van der Waals surface area contributed by atoms with Gasteiger partial charge in [-0.2, -0.15) is 4.98 Å². The van der Waals surface area contributed by atoms with Gasteiger partial charge in [0.05, 0.1) is 6.61 Å². The van der Waals surface area contributed by atoms with E-state index in [1.54, 1.807) is 14.0 Å². The molecule has 1 aromatic heterocycles. The van der Waals surface area contributed by atoms with Crippen molar-refractivity contribution >= 4 is 6.09 Å². The molecule has 0 radical (unpaired) electrons. The van der Waals surface area contributed by atoms with E-state index in [9.17, 15) is 4.79 Å². The summed E-state index contributed by atoms with van der Waals surface area (Å²) in [7, 11) is 1.54. The number of nitrogens with zero attached hydrogens (tertiary/aromatic N) is 3. The minimum absolute atomic E-state index is 0.0636. The van der Waals surface area contributed by atoms with Gasteiger partial charge in [0.25, 0.3) is 5.89 Å². The molecule has 2 rings (SSSR count). The average Bonchev–Trinajstić information content (AvgIpc) is 2.92. The summed E-state index contributed by atoms with van der Waals surface area (Å²) < 4.78 is 10.6. The number of rotatable bonds is 7. The fourth-order valence-corrected chi connectivity index (χ4v) is 2.08. The number of hydrogen-bond acceptors (Lipinski definition) is 5. The molecule has 1 amide bonds. The van der Waals surface area contributed by atoms with E-state index in [4.69, 9.17) is 14.4 Å². The monoisotopic (exact) mass is 305 g/mol. The number of amides is 1. The topological polar surface area (TPSA) is 88.7 Å². The molecule has 0 fully saturated rings. The lowest BCUT2D eigenvalue weighted by Gasteiger charge is -2.22. The van der Waals surface area contributed by atoms with E-state index < -0.39 is 6.09 Å². The van der Waals surface area contributed by atoms with Gasteiger partial charge in [0.1, 0.15) is 6.61 Å². The molecule has 0 saturated heterocycles.